The highest BCUT2D eigenvalue weighted by Gasteiger charge is 2.00. The molecule has 0 aliphatic carbocycles. The van der Waals surface area contributed by atoms with Gasteiger partial charge in [-0.3, -0.25) is 10.2 Å². The van der Waals surface area contributed by atoms with Crippen LogP contribution in [0.15, 0.2) is 0 Å². The third-order valence-electron chi connectivity index (χ3n) is 0.972. The summed E-state index contributed by atoms with van der Waals surface area (Å²) in [4.78, 5) is 21.2. The standard InChI is InChI=1S/C7H15N3O2.C4H10.C2H6/c1-5(2)9-10-7(12)8-4-6(3)11;1-4(2)3;1-2/h5,9H,4H2,1-3H3,(H2,8,10,12);4H,1-3H3;1-2H3. The van der Waals surface area contributed by atoms with Crippen LogP contribution in [0.4, 0.5) is 4.79 Å². The highest BCUT2D eigenvalue weighted by atomic mass is 16.2. The minimum Gasteiger partial charge on any atom is -0.330 e. The van der Waals surface area contributed by atoms with Crippen LogP contribution in [0, 0.1) is 5.92 Å². The first-order valence-corrected chi connectivity index (χ1v) is 6.54. The van der Waals surface area contributed by atoms with Crippen molar-refractivity contribution in [3.05, 3.63) is 0 Å². The van der Waals surface area contributed by atoms with Crippen LogP contribution < -0.4 is 16.2 Å². The molecule has 0 aliphatic rings. The van der Waals surface area contributed by atoms with Gasteiger partial charge >= 0.3 is 6.03 Å². The number of carbonyl (C=O) groups excluding carboxylic acids is 2. The van der Waals surface area contributed by atoms with E-state index < -0.39 is 0 Å². The minimum absolute atomic E-state index is 0.0611. The van der Waals surface area contributed by atoms with Crippen molar-refractivity contribution in [3.8, 4) is 0 Å². The van der Waals surface area contributed by atoms with Crippen LogP contribution >= 0.6 is 0 Å². The third kappa shape index (κ3) is 36.3. The summed E-state index contributed by atoms with van der Waals surface area (Å²) in [5.74, 6) is 0.759. The number of amides is 2. The molecule has 3 N–H and O–H groups in total. The van der Waals surface area contributed by atoms with Crippen LogP contribution in [-0.2, 0) is 4.79 Å². The number of hydrogen-bond donors (Lipinski definition) is 3. The van der Waals surface area contributed by atoms with E-state index in [2.05, 4.69) is 36.9 Å². The van der Waals surface area contributed by atoms with Crippen molar-refractivity contribution in [1.82, 2.24) is 16.2 Å². The van der Waals surface area contributed by atoms with E-state index in [9.17, 15) is 9.59 Å². The van der Waals surface area contributed by atoms with E-state index in [4.69, 9.17) is 0 Å². The fraction of sp³-hybridized carbons (Fsp3) is 0.846. The average molecular weight is 261 g/mol. The number of Topliss-reactive ketones (excluding diaryl/α,β-unsaturated/α-hetero) is 1. The zero-order valence-electron chi connectivity index (χ0n) is 13.2. The number of hydrazine groups is 1. The van der Waals surface area contributed by atoms with E-state index in [0.717, 1.165) is 5.92 Å². The molecule has 0 unspecified atom stereocenters. The lowest BCUT2D eigenvalue weighted by Gasteiger charge is -2.09. The van der Waals surface area contributed by atoms with Gasteiger partial charge in [-0.25, -0.2) is 10.2 Å². The van der Waals surface area contributed by atoms with Crippen molar-refractivity contribution >= 4 is 11.8 Å². The monoisotopic (exact) mass is 261 g/mol. The number of carbonyl (C=O) groups is 2. The number of ketones is 1. The van der Waals surface area contributed by atoms with Gasteiger partial charge in [0.05, 0.1) is 6.54 Å². The van der Waals surface area contributed by atoms with Gasteiger partial charge < -0.3 is 5.32 Å². The summed E-state index contributed by atoms with van der Waals surface area (Å²) in [7, 11) is 0. The summed E-state index contributed by atoms with van der Waals surface area (Å²) in [6.45, 7) is 15.8. The topological polar surface area (TPSA) is 70.2 Å². The van der Waals surface area contributed by atoms with Crippen LogP contribution in [0.5, 0.6) is 0 Å². The van der Waals surface area contributed by atoms with E-state index in [-0.39, 0.29) is 24.4 Å². The van der Waals surface area contributed by atoms with Crippen molar-refractivity contribution < 1.29 is 9.59 Å². The Bertz CT molecular complexity index is 202. The minimum atomic E-state index is -0.390. The van der Waals surface area contributed by atoms with Crippen LogP contribution in [0.3, 0.4) is 0 Å². The first-order chi connectivity index (χ1) is 8.25. The summed E-state index contributed by atoms with van der Waals surface area (Å²) in [5.41, 5.74) is 5.08. The molecule has 18 heavy (non-hydrogen) atoms. The van der Waals surface area contributed by atoms with Gasteiger partial charge in [-0.15, -0.1) is 0 Å². The molecule has 0 fully saturated rings. The highest BCUT2D eigenvalue weighted by Crippen LogP contribution is 1.81. The second-order valence-corrected chi connectivity index (χ2v) is 4.54. The quantitative estimate of drug-likeness (QED) is 0.681. The highest BCUT2D eigenvalue weighted by molar-refractivity contribution is 5.83. The maximum absolute atomic E-state index is 10.8. The van der Waals surface area contributed by atoms with Gasteiger partial charge in [-0.2, -0.15) is 0 Å². The fourth-order valence-electron chi connectivity index (χ4n) is 0.459. The molecule has 0 aromatic heterocycles. The molecular formula is C13H31N3O2. The van der Waals surface area contributed by atoms with Gasteiger partial charge in [-0.05, 0) is 26.7 Å². The average Bonchev–Trinajstić information content (AvgIpc) is 2.25. The lowest BCUT2D eigenvalue weighted by molar-refractivity contribution is -0.116. The van der Waals surface area contributed by atoms with Crippen LogP contribution in [0.2, 0.25) is 0 Å². The Hall–Kier alpha value is -1.10. The molecule has 0 heterocycles. The Morgan fingerprint density at radius 2 is 1.39 bits per heavy atom. The Kier molecular flexibility index (Phi) is 19.5. The largest absolute Gasteiger partial charge is 0.330 e. The molecule has 0 saturated carbocycles. The zero-order chi connectivity index (χ0) is 15.1. The van der Waals surface area contributed by atoms with Crippen molar-refractivity contribution in [1.29, 1.82) is 0 Å². The summed E-state index contributed by atoms with van der Waals surface area (Å²) in [5, 5.41) is 2.38. The van der Waals surface area contributed by atoms with Crippen molar-refractivity contribution in [2.24, 2.45) is 5.92 Å². The molecule has 5 heteroatoms. The molecule has 0 radical (unpaired) electrons. The van der Waals surface area contributed by atoms with E-state index >= 15 is 0 Å². The fourth-order valence-corrected chi connectivity index (χ4v) is 0.459. The molecule has 0 aliphatic heterocycles. The molecule has 0 aromatic carbocycles. The normalized spacial score (nSPS) is 8.78. The van der Waals surface area contributed by atoms with Crippen molar-refractivity contribution in [2.45, 2.75) is 61.4 Å². The molecule has 0 atom stereocenters. The maximum Gasteiger partial charge on any atom is 0.329 e. The summed E-state index contributed by atoms with van der Waals surface area (Å²) in [6.07, 6.45) is 0. The van der Waals surface area contributed by atoms with Crippen LogP contribution in [-0.4, -0.2) is 24.4 Å². The molecule has 5 nitrogen and oxygen atoms in total. The molecule has 0 spiro atoms. The number of hydrogen-bond acceptors (Lipinski definition) is 3. The predicted molar refractivity (Wildman–Crippen MR) is 77.3 cm³/mol. The van der Waals surface area contributed by atoms with Gasteiger partial charge in [-0.1, -0.05) is 34.6 Å². The van der Waals surface area contributed by atoms with Gasteiger partial charge in [0.15, 0.2) is 0 Å². The lowest BCUT2D eigenvalue weighted by Crippen LogP contribution is -2.47. The SMILES string of the molecule is CC.CC(=O)CNC(=O)NNC(C)C.CC(C)C. The maximum atomic E-state index is 10.8. The molecule has 0 bridgehead atoms. The molecular weight excluding hydrogens is 230 g/mol. The smallest absolute Gasteiger partial charge is 0.329 e. The van der Waals surface area contributed by atoms with Crippen LogP contribution in [0.25, 0.3) is 0 Å². The molecule has 0 rings (SSSR count). The second kappa shape index (κ2) is 15.9. The Labute approximate surface area is 112 Å². The third-order valence-corrected chi connectivity index (χ3v) is 0.972. The summed E-state index contributed by atoms with van der Waals surface area (Å²) >= 11 is 0. The Morgan fingerprint density at radius 1 is 1.00 bits per heavy atom. The summed E-state index contributed by atoms with van der Waals surface area (Å²) < 4.78 is 0. The first-order valence-electron chi connectivity index (χ1n) is 6.54. The second-order valence-electron chi connectivity index (χ2n) is 4.54. The number of rotatable bonds is 4. The van der Waals surface area contributed by atoms with Gasteiger partial charge in [0, 0.05) is 6.04 Å². The van der Waals surface area contributed by atoms with Crippen LogP contribution in [0.1, 0.15) is 55.4 Å². The lowest BCUT2D eigenvalue weighted by atomic mass is 10.3. The van der Waals surface area contributed by atoms with Gasteiger partial charge in [0.1, 0.15) is 5.78 Å². The number of urea groups is 1. The molecule has 0 aromatic rings. The summed E-state index contributed by atoms with van der Waals surface area (Å²) in [6, 6.07) is -0.216. The van der Waals surface area contributed by atoms with Gasteiger partial charge in [0.25, 0.3) is 0 Å². The predicted octanol–water partition coefficient (Wildman–Crippen LogP) is 2.48. The van der Waals surface area contributed by atoms with Crippen molar-refractivity contribution in [3.63, 3.8) is 0 Å². The first kappa shape index (κ1) is 22.1. The Balaban J connectivity index is -0.000000317. The molecule has 2 amide bonds. The van der Waals surface area contributed by atoms with Gasteiger partial charge in [0.2, 0.25) is 0 Å². The zero-order valence-corrected chi connectivity index (χ0v) is 13.2. The van der Waals surface area contributed by atoms with E-state index in [0.29, 0.717) is 0 Å². The van der Waals surface area contributed by atoms with Crippen molar-refractivity contribution in [2.75, 3.05) is 6.54 Å². The van der Waals surface area contributed by atoms with E-state index in [1.807, 2.05) is 27.7 Å². The Morgan fingerprint density at radius 3 is 1.67 bits per heavy atom. The van der Waals surface area contributed by atoms with E-state index in [1.165, 1.54) is 6.92 Å². The molecule has 110 valence electrons. The van der Waals surface area contributed by atoms with E-state index in [1.54, 1.807) is 0 Å². The number of nitrogens with one attached hydrogen (secondary N) is 3. The molecule has 0 saturated heterocycles.